The molecule has 3 N–H and O–H groups in total. The number of aromatic nitrogens is 1. The van der Waals surface area contributed by atoms with Crippen LogP contribution in [-0.2, 0) is 0 Å². The van der Waals surface area contributed by atoms with Gasteiger partial charge in [-0.2, -0.15) is 0 Å². The number of pyridine rings is 1. The molecule has 26 heavy (non-hydrogen) atoms. The maximum Gasteiger partial charge on any atom is 0.255 e. The van der Waals surface area contributed by atoms with Crippen LogP contribution in [0.3, 0.4) is 0 Å². The van der Waals surface area contributed by atoms with Crippen LogP contribution in [0, 0.1) is 5.92 Å². The van der Waals surface area contributed by atoms with Crippen molar-refractivity contribution in [3.05, 3.63) is 82.3 Å². The number of fused-ring (bicyclic) bond motifs is 1. The molecule has 5 heteroatoms. The van der Waals surface area contributed by atoms with Crippen LogP contribution in [0.4, 0.5) is 0 Å². The molecule has 0 aliphatic heterocycles. The summed E-state index contributed by atoms with van der Waals surface area (Å²) in [6, 6.07) is 16.7. The Balaban J connectivity index is 1.67. The van der Waals surface area contributed by atoms with Crippen LogP contribution in [0.2, 0.25) is 0 Å². The van der Waals surface area contributed by atoms with Gasteiger partial charge in [-0.3, -0.25) is 9.59 Å². The van der Waals surface area contributed by atoms with E-state index in [1.807, 2.05) is 36.4 Å². The molecule has 0 unspecified atom stereocenters. The van der Waals surface area contributed by atoms with Gasteiger partial charge in [-0.1, -0.05) is 48.5 Å². The summed E-state index contributed by atoms with van der Waals surface area (Å²) in [5.74, 6) is -0.0296. The monoisotopic (exact) mass is 348 g/mol. The van der Waals surface area contributed by atoms with E-state index < -0.39 is 0 Å². The van der Waals surface area contributed by atoms with E-state index in [2.05, 4.69) is 10.3 Å². The maximum atomic E-state index is 13.0. The second kappa shape index (κ2) is 6.77. The normalized spacial score (nSPS) is 20.3. The first-order valence-corrected chi connectivity index (χ1v) is 8.78. The molecule has 0 spiro atoms. The summed E-state index contributed by atoms with van der Waals surface area (Å²) in [6.07, 6.45) is 2.52. The Bertz CT molecular complexity index is 991. The number of aliphatic hydroxyl groups is 1. The fourth-order valence-electron chi connectivity index (χ4n) is 3.65. The highest BCUT2D eigenvalue weighted by Crippen LogP contribution is 2.38. The zero-order valence-corrected chi connectivity index (χ0v) is 14.2. The van der Waals surface area contributed by atoms with E-state index in [4.69, 9.17) is 0 Å². The second-order valence-electron chi connectivity index (χ2n) is 6.82. The molecule has 0 bridgehead atoms. The molecule has 1 amide bonds. The van der Waals surface area contributed by atoms with Gasteiger partial charge < -0.3 is 15.4 Å². The fourth-order valence-corrected chi connectivity index (χ4v) is 3.65. The van der Waals surface area contributed by atoms with Gasteiger partial charge in [-0.15, -0.1) is 0 Å². The van der Waals surface area contributed by atoms with Gasteiger partial charge >= 0.3 is 0 Å². The predicted molar refractivity (Wildman–Crippen MR) is 99.9 cm³/mol. The van der Waals surface area contributed by atoms with E-state index in [0.717, 1.165) is 5.56 Å². The molecule has 1 atom stereocenters. The van der Waals surface area contributed by atoms with Crippen molar-refractivity contribution >= 4 is 16.7 Å². The molecule has 1 aromatic heterocycles. The Labute approximate surface area is 150 Å². The lowest BCUT2D eigenvalue weighted by molar-refractivity contribution is 0.0235. The predicted octanol–water partition coefficient (Wildman–Crippen LogP) is 2.77. The van der Waals surface area contributed by atoms with Gasteiger partial charge in [0.25, 0.3) is 11.5 Å². The molecule has 1 fully saturated rings. The molecule has 4 rings (SSSR count). The molecule has 132 valence electrons. The Morgan fingerprint density at radius 3 is 2.38 bits per heavy atom. The average Bonchev–Trinajstić information content (AvgIpc) is 2.65. The van der Waals surface area contributed by atoms with Crippen LogP contribution in [0.5, 0.6) is 0 Å². The number of H-pyrrole nitrogens is 1. The highest BCUT2D eigenvalue weighted by atomic mass is 16.3. The highest BCUT2D eigenvalue weighted by Gasteiger charge is 2.35. The summed E-state index contributed by atoms with van der Waals surface area (Å²) < 4.78 is 0. The Morgan fingerprint density at radius 1 is 1.04 bits per heavy atom. The maximum absolute atomic E-state index is 13.0. The summed E-state index contributed by atoms with van der Waals surface area (Å²) in [7, 11) is 0. The average molecular weight is 348 g/mol. The summed E-state index contributed by atoms with van der Waals surface area (Å²) in [4.78, 5) is 27.6. The summed E-state index contributed by atoms with van der Waals surface area (Å²) in [5, 5.41) is 13.9. The number of hydrogen-bond acceptors (Lipinski definition) is 3. The van der Waals surface area contributed by atoms with E-state index in [1.54, 1.807) is 18.2 Å². The number of carbonyl (C=O) groups is 1. The number of hydrogen-bond donors (Lipinski definition) is 3. The van der Waals surface area contributed by atoms with Gasteiger partial charge in [-0.25, -0.2) is 0 Å². The Hall–Kier alpha value is -2.92. The third-order valence-electron chi connectivity index (χ3n) is 5.12. The van der Waals surface area contributed by atoms with E-state index >= 15 is 0 Å². The van der Waals surface area contributed by atoms with Gasteiger partial charge in [0.05, 0.1) is 17.7 Å². The zero-order valence-electron chi connectivity index (χ0n) is 14.2. The molecule has 1 heterocycles. The van der Waals surface area contributed by atoms with Crippen molar-refractivity contribution in [1.29, 1.82) is 0 Å². The minimum atomic E-state index is -0.294. The van der Waals surface area contributed by atoms with Crippen LogP contribution in [-0.4, -0.2) is 22.1 Å². The first-order valence-electron chi connectivity index (χ1n) is 8.78. The van der Waals surface area contributed by atoms with E-state index in [-0.39, 0.29) is 29.5 Å². The number of carbonyl (C=O) groups excluding carboxylic acids is 1. The van der Waals surface area contributed by atoms with Crippen molar-refractivity contribution in [3.8, 4) is 0 Å². The molecule has 1 saturated carbocycles. The van der Waals surface area contributed by atoms with Crippen molar-refractivity contribution in [2.45, 2.75) is 25.0 Å². The van der Waals surface area contributed by atoms with E-state index in [1.165, 1.54) is 6.20 Å². The van der Waals surface area contributed by atoms with Crippen LogP contribution in [0.1, 0.15) is 34.8 Å². The third kappa shape index (κ3) is 3.02. The molecule has 0 radical (unpaired) electrons. The van der Waals surface area contributed by atoms with Gasteiger partial charge in [0.2, 0.25) is 0 Å². The lowest BCUT2D eigenvalue weighted by atomic mass is 9.75. The van der Waals surface area contributed by atoms with Crippen molar-refractivity contribution in [3.63, 3.8) is 0 Å². The minimum Gasteiger partial charge on any atom is -0.393 e. The Kier molecular flexibility index (Phi) is 4.31. The minimum absolute atomic E-state index is 0.169. The molecule has 3 aromatic rings. The summed E-state index contributed by atoms with van der Waals surface area (Å²) in [6.45, 7) is 0. The topological polar surface area (TPSA) is 82.2 Å². The van der Waals surface area contributed by atoms with Crippen molar-refractivity contribution in [2.75, 3.05) is 0 Å². The number of rotatable bonds is 4. The SMILES string of the molecule is O=C(N[C@H](c1ccccc1)C1CC(O)C1)c1c[nH]c(=O)c2ccccc12. The molecule has 0 saturated heterocycles. The molecular formula is C21H20N2O3. The second-order valence-corrected chi connectivity index (χ2v) is 6.82. The standard InChI is InChI=1S/C21H20N2O3/c24-15-10-14(11-15)19(13-6-2-1-3-7-13)23-21(26)18-12-22-20(25)17-9-5-4-8-16(17)18/h1-9,12,14-15,19,24H,10-11H2,(H,22,25)(H,23,26)/t14?,15?,19-/m1/s1. The van der Waals surface area contributed by atoms with Crippen molar-refractivity contribution in [2.24, 2.45) is 5.92 Å². The largest absolute Gasteiger partial charge is 0.393 e. The van der Waals surface area contributed by atoms with Gasteiger partial charge in [0.15, 0.2) is 0 Å². The summed E-state index contributed by atoms with van der Waals surface area (Å²) >= 11 is 0. The fraction of sp³-hybridized carbons (Fsp3) is 0.238. The highest BCUT2D eigenvalue weighted by molar-refractivity contribution is 6.06. The van der Waals surface area contributed by atoms with E-state index in [9.17, 15) is 14.7 Å². The summed E-state index contributed by atoms with van der Waals surface area (Å²) in [5.41, 5.74) is 1.26. The zero-order chi connectivity index (χ0) is 18.1. The molecule has 1 aliphatic carbocycles. The third-order valence-corrected chi connectivity index (χ3v) is 5.12. The lowest BCUT2D eigenvalue weighted by Gasteiger charge is -2.38. The Morgan fingerprint density at radius 2 is 1.69 bits per heavy atom. The molecular weight excluding hydrogens is 328 g/mol. The van der Waals surface area contributed by atoms with Gasteiger partial charge in [0.1, 0.15) is 0 Å². The molecule has 1 aliphatic rings. The molecule has 2 aromatic carbocycles. The van der Waals surface area contributed by atoms with Crippen LogP contribution in [0.25, 0.3) is 10.8 Å². The van der Waals surface area contributed by atoms with Gasteiger partial charge in [-0.05, 0) is 30.4 Å². The number of amides is 1. The smallest absolute Gasteiger partial charge is 0.255 e. The number of aliphatic hydroxyl groups excluding tert-OH is 1. The first kappa shape index (κ1) is 16.5. The lowest BCUT2D eigenvalue weighted by Crippen LogP contribution is -2.41. The van der Waals surface area contributed by atoms with Crippen LogP contribution in [0.15, 0.2) is 65.6 Å². The number of nitrogens with one attached hydrogen (secondary N) is 2. The quantitative estimate of drug-likeness (QED) is 0.678. The number of benzene rings is 2. The molecule has 5 nitrogen and oxygen atoms in total. The van der Waals surface area contributed by atoms with E-state index in [0.29, 0.717) is 29.2 Å². The number of aromatic amines is 1. The van der Waals surface area contributed by atoms with Crippen molar-refractivity contribution < 1.29 is 9.90 Å². The van der Waals surface area contributed by atoms with Crippen LogP contribution >= 0.6 is 0 Å². The van der Waals surface area contributed by atoms with Crippen LogP contribution < -0.4 is 10.9 Å². The van der Waals surface area contributed by atoms with Crippen molar-refractivity contribution in [1.82, 2.24) is 10.3 Å². The first-order chi connectivity index (χ1) is 12.6. The van der Waals surface area contributed by atoms with Gasteiger partial charge in [0, 0.05) is 17.0 Å².